The summed E-state index contributed by atoms with van der Waals surface area (Å²) in [6.45, 7) is 7.31. The smallest absolute Gasteiger partial charge is 0.0975 e. The van der Waals surface area contributed by atoms with E-state index in [9.17, 15) is 0 Å². The minimum atomic E-state index is 0.0329. The lowest BCUT2D eigenvalue weighted by Gasteiger charge is -2.24. The highest BCUT2D eigenvalue weighted by atomic mass is 16.5. The predicted molar refractivity (Wildman–Crippen MR) is 91.5 cm³/mol. The van der Waals surface area contributed by atoms with Crippen LogP contribution < -0.4 is 5.73 Å². The van der Waals surface area contributed by atoms with Crippen molar-refractivity contribution >= 4 is 0 Å². The lowest BCUT2D eigenvalue weighted by atomic mass is 9.99. The average Bonchev–Trinajstić information content (AvgIpc) is 2.49. The molecule has 0 fully saturated rings. The van der Waals surface area contributed by atoms with Gasteiger partial charge in [0.2, 0.25) is 0 Å². The molecular formula is C19H33NO. The first kappa shape index (κ1) is 18.2. The van der Waals surface area contributed by atoms with Gasteiger partial charge >= 0.3 is 0 Å². The SMILES string of the molecule is CCCCCCCCOC(c1cccc(C)c1)C(N)CC. The lowest BCUT2D eigenvalue weighted by molar-refractivity contribution is 0.0310. The zero-order chi connectivity index (χ0) is 15.5. The molecule has 0 amide bonds. The van der Waals surface area contributed by atoms with Gasteiger partial charge < -0.3 is 10.5 Å². The first-order valence-corrected chi connectivity index (χ1v) is 8.62. The standard InChI is InChI=1S/C19H33NO/c1-4-6-7-8-9-10-14-21-19(18(20)5-2)17-13-11-12-16(3)15-17/h11-13,15,18-19H,4-10,14,20H2,1-3H3. The highest BCUT2D eigenvalue weighted by Crippen LogP contribution is 2.23. The fraction of sp³-hybridized carbons (Fsp3) is 0.684. The van der Waals surface area contributed by atoms with Gasteiger partial charge in [0.1, 0.15) is 0 Å². The molecule has 0 aliphatic rings. The quantitative estimate of drug-likeness (QED) is 0.572. The van der Waals surface area contributed by atoms with Crippen LogP contribution in [0, 0.1) is 6.92 Å². The number of unbranched alkanes of at least 4 members (excludes halogenated alkanes) is 5. The van der Waals surface area contributed by atoms with E-state index < -0.39 is 0 Å². The van der Waals surface area contributed by atoms with Gasteiger partial charge in [-0.25, -0.2) is 0 Å². The van der Waals surface area contributed by atoms with Gasteiger partial charge in [0.05, 0.1) is 6.10 Å². The van der Waals surface area contributed by atoms with E-state index in [1.54, 1.807) is 0 Å². The van der Waals surface area contributed by atoms with E-state index in [-0.39, 0.29) is 12.1 Å². The Balaban J connectivity index is 2.41. The molecule has 0 aliphatic carbocycles. The fourth-order valence-corrected chi connectivity index (χ4v) is 2.62. The van der Waals surface area contributed by atoms with Crippen LogP contribution in [0.15, 0.2) is 24.3 Å². The Hall–Kier alpha value is -0.860. The molecule has 0 bridgehead atoms. The van der Waals surface area contributed by atoms with E-state index in [4.69, 9.17) is 10.5 Å². The number of ether oxygens (including phenoxy) is 1. The van der Waals surface area contributed by atoms with Gasteiger partial charge in [0.25, 0.3) is 0 Å². The minimum absolute atomic E-state index is 0.0329. The summed E-state index contributed by atoms with van der Waals surface area (Å²) < 4.78 is 6.12. The van der Waals surface area contributed by atoms with Crippen molar-refractivity contribution in [1.29, 1.82) is 0 Å². The Morgan fingerprint density at radius 2 is 1.76 bits per heavy atom. The fourth-order valence-electron chi connectivity index (χ4n) is 2.62. The maximum Gasteiger partial charge on any atom is 0.0975 e. The molecule has 0 spiro atoms. The molecule has 1 aromatic rings. The maximum atomic E-state index is 6.25. The van der Waals surface area contributed by atoms with Gasteiger partial charge in [-0.05, 0) is 25.3 Å². The highest BCUT2D eigenvalue weighted by molar-refractivity contribution is 5.25. The summed E-state index contributed by atoms with van der Waals surface area (Å²) in [5.41, 5.74) is 8.74. The molecule has 1 rings (SSSR count). The average molecular weight is 291 g/mol. The summed E-state index contributed by atoms with van der Waals surface area (Å²) in [5.74, 6) is 0. The zero-order valence-electron chi connectivity index (χ0n) is 14.1. The van der Waals surface area contributed by atoms with Gasteiger partial charge in [-0.3, -0.25) is 0 Å². The van der Waals surface area contributed by atoms with Crippen molar-refractivity contribution in [2.75, 3.05) is 6.61 Å². The number of benzene rings is 1. The molecule has 0 saturated carbocycles. The van der Waals surface area contributed by atoms with Crippen LogP contribution in [-0.4, -0.2) is 12.6 Å². The molecule has 1 aromatic carbocycles. The van der Waals surface area contributed by atoms with Gasteiger partial charge in [0.15, 0.2) is 0 Å². The third-order valence-electron chi connectivity index (χ3n) is 4.03. The molecule has 120 valence electrons. The molecule has 2 N–H and O–H groups in total. The van der Waals surface area contributed by atoms with Crippen molar-refractivity contribution in [1.82, 2.24) is 0 Å². The number of hydrogen-bond donors (Lipinski definition) is 1. The van der Waals surface area contributed by atoms with E-state index >= 15 is 0 Å². The van der Waals surface area contributed by atoms with Crippen molar-refractivity contribution in [3.8, 4) is 0 Å². The van der Waals surface area contributed by atoms with Crippen molar-refractivity contribution < 1.29 is 4.74 Å². The Morgan fingerprint density at radius 3 is 2.43 bits per heavy atom. The largest absolute Gasteiger partial charge is 0.372 e. The molecule has 21 heavy (non-hydrogen) atoms. The molecule has 2 unspecified atom stereocenters. The van der Waals surface area contributed by atoms with Crippen LogP contribution in [0.3, 0.4) is 0 Å². The molecule has 0 radical (unpaired) electrons. The second-order valence-electron chi connectivity index (χ2n) is 6.05. The van der Waals surface area contributed by atoms with E-state index in [1.807, 2.05) is 0 Å². The van der Waals surface area contributed by atoms with Gasteiger partial charge in [-0.2, -0.15) is 0 Å². The van der Waals surface area contributed by atoms with E-state index in [1.165, 1.54) is 43.2 Å². The zero-order valence-corrected chi connectivity index (χ0v) is 14.1. The second-order valence-corrected chi connectivity index (χ2v) is 6.05. The first-order chi connectivity index (χ1) is 10.2. The van der Waals surface area contributed by atoms with E-state index in [0.29, 0.717) is 0 Å². The normalized spacial score (nSPS) is 14.1. The Kier molecular flexibility index (Phi) is 9.36. The van der Waals surface area contributed by atoms with Crippen LogP contribution in [0.4, 0.5) is 0 Å². The van der Waals surface area contributed by atoms with Crippen molar-refractivity contribution in [3.63, 3.8) is 0 Å². The number of hydrogen-bond acceptors (Lipinski definition) is 2. The van der Waals surface area contributed by atoms with E-state index in [0.717, 1.165) is 19.4 Å². The van der Waals surface area contributed by atoms with Crippen LogP contribution in [0.2, 0.25) is 0 Å². The van der Waals surface area contributed by atoms with Gasteiger partial charge in [0, 0.05) is 12.6 Å². The monoisotopic (exact) mass is 291 g/mol. The molecule has 0 aliphatic heterocycles. The van der Waals surface area contributed by atoms with Crippen molar-refractivity contribution in [2.24, 2.45) is 5.73 Å². The Morgan fingerprint density at radius 1 is 1.05 bits per heavy atom. The molecule has 2 atom stereocenters. The van der Waals surface area contributed by atoms with Gasteiger partial charge in [-0.1, -0.05) is 75.8 Å². The second kappa shape index (κ2) is 10.8. The van der Waals surface area contributed by atoms with Crippen LogP contribution in [0.1, 0.15) is 76.0 Å². The Labute approximate surface area is 131 Å². The van der Waals surface area contributed by atoms with Crippen LogP contribution in [0.5, 0.6) is 0 Å². The minimum Gasteiger partial charge on any atom is -0.372 e. The molecule has 2 heteroatoms. The summed E-state index contributed by atoms with van der Waals surface area (Å²) in [6.07, 6.45) is 8.72. The predicted octanol–water partition coefficient (Wildman–Crippen LogP) is 5.15. The summed E-state index contributed by atoms with van der Waals surface area (Å²) in [4.78, 5) is 0. The topological polar surface area (TPSA) is 35.2 Å². The number of rotatable bonds is 11. The number of nitrogens with two attached hydrogens (primary N) is 1. The molecule has 2 nitrogen and oxygen atoms in total. The molecule has 0 saturated heterocycles. The van der Waals surface area contributed by atoms with Gasteiger partial charge in [-0.15, -0.1) is 0 Å². The van der Waals surface area contributed by atoms with Crippen LogP contribution >= 0.6 is 0 Å². The molecule has 0 heterocycles. The lowest BCUT2D eigenvalue weighted by Crippen LogP contribution is -2.29. The summed E-state index contributed by atoms with van der Waals surface area (Å²) in [7, 11) is 0. The molecular weight excluding hydrogens is 258 g/mol. The third kappa shape index (κ3) is 7.10. The third-order valence-corrected chi connectivity index (χ3v) is 4.03. The van der Waals surface area contributed by atoms with Crippen molar-refractivity contribution in [2.45, 2.75) is 77.9 Å². The summed E-state index contributed by atoms with van der Waals surface area (Å²) >= 11 is 0. The number of aryl methyl sites for hydroxylation is 1. The first-order valence-electron chi connectivity index (χ1n) is 8.62. The van der Waals surface area contributed by atoms with Crippen molar-refractivity contribution in [3.05, 3.63) is 35.4 Å². The Bertz CT molecular complexity index is 378. The molecule has 0 aromatic heterocycles. The summed E-state index contributed by atoms with van der Waals surface area (Å²) in [6, 6.07) is 8.61. The van der Waals surface area contributed by atoms with E-state index in [2.05, 4.69) is 45.0 Å². The highest BCUT2D eigenvalue weighted by Gasteiger charge is 2.19. The maximum absolute atomic E-state index is 6.25. The van der Waals surface area contributed by atoms with Crippen LogP contribution in [-0.2, 0) is 4.74 Å². The van der Waals surface area contributed by atoms with Crippen LogP contribution in [0.25, 0.3) is 0 Å². The summed E-state index contributed by atoms with van der Waals surface area (Å²) in [5, 5.41) is 0.